The molecule has 0 spiro atoms. The highest BCUT2D eigenvalue weighted by Gasteiger charge is 2.46. The summed E-state index contributed by atoms with van der Waals surface area (Å²) in [5.74, 6) is 1.16. The van der Waals surface area contributed by atoms with Gasteiger partial charge in [-0.05, 0) is 25.3 Å². The Morgan fingerprint density at radius 2 is 1.95 bits per heavy atom. The largest absolute Gasteiger partial charge is 0.381 e. The third-order valence-electron chi connectivity index (χ3n) is 4.95. The van der Waals surface area contributed by atoms with Crippen molar-refractivity contribution >= 4 is 11.9 Å². The second-order valence-corrected chi connectivity index (χ2v) is 6.05. The predicted molar refractivity (Wildman–Crippen MR) is 76.8 cm³/mol. The van der Waals surface area contributed by atoms with Gasteiger partial charge in [0.2, 0.25) is 11.9 Å². The number of hydrogen-bond donors (Lipinski definition) is 0. The van der Waals surface area contributed by atoms with E-state index in [1.54, 1.807) is 12.4 Å². The summed E-state index contributed by atoms with van der Waals surface area (Å²) in [7, 11) is 0. The summed E-state index contributed by atoms with van der Waals surface area (Å²) in [6, 6.07) is 2.53. The third-order valence-corrected chi connectivity index (χ3v) is 4.95. The molecule has 4 rings (SSSR count). The Morgan fingerprint density at radius 3 is 2.71 bits per heavy atom. The van der Waals surface area contributed by atoms with Crippen LogP contribution in [0.1, 0.15) is 19.3 Å². The fourth-order valence-corrected chi connectivity index (χ4v) is 3.91. The molecular formula is C15H20N4O2. The first kappa shape index (κ1) is 13.0. The SMILES string of the molecule is O=C([C@H]1CCOC1)N1CC[C@H]2[C@H]1CCN2c1ncccn1. The van der Waals surface area contributed by atoms with E-state index in [0.29, 0.717) is 18.7 Å². The molecule has 3 aliphatic heterocycles. The lowest BCUT2D eigenvalue weighted by atomic mass is 10.1. The molecule has 112 valence electrons. The molecule has 1 aromatic rings. The van der Waals surface area contributed by atoms with Crippen LogP contribution in [-0.4, -0.2) is 59.2 Å². The standard InChI is InChI=1S/C15H20N4O2/c20-14(11-4-9-21-10-11)18-7-2-13-12(18)3-8-19(13)15-16-5-1-6-17-15/h1,5-6,11-13H,2-4,7-10H2/t11-,12+,13-/m0/s1. The molecule has 6 heteroatoms. The van der Waals surface area contributed by atoms with Gasteiger partial charge in [-0.1, -0.05) is 0 Å². The van der Waals surface area contributed by atoms with Crippen LogP contribution < -0.4 is 4.90 Å². The first-order chi connectivity index (χ1) is 10.3. The molecule has 1 aromatic heterocycles. The molecule has 0 aromatic carbocycles. The number of rotatable bonds is 2. The Bertz CT molecular complexity index is 518. The maximum Gasteiger partial charge on any atom is 0.228 e. The minimum Gasteiger partial charge on any atom is -0.381 e. The van der Waals surface area contributed by atoms with Crippen molar-refractivity contribution in [2.45, 2.75) is 31.3 Å². The highest BCUT2D eigenvalue weighted by Crippen LogP contribution is 2.35. The molecule has 0 bridgehead atoms. The summed E-state index contributed by atoms with van der Waals surface area (Å²) < 4.78 is 5.36. The van der Waals surface area contributed by atoms with Crippen LogP contribution >= 0.6 is 0 Å². The number of amides is 1. The van der Waals surface area contributed by atoms with Gasteiger partial charge in [-0.3, -0.25) is 4.79 Å². The Labute approximate surface area is 124 Å². The molecule has 3 aliphatic rings. The molecule has 0 aliphatic carbocycles. The van der Waals surface area contributed by atoms with Crippen molar-refractivity contribution in [3.8, 4) is 0 Å². The summed E-state index contributed by atoms with van der Waals surface area (Å²) in [6.45, 7) is 3.11. The summed E-state index contributed by atoms with van der Waals surface area (Å²) >= 11 is 0. The molecule has 4 heterocycles. The van der Waals surface area contributed by atoms with Crippen molar-refractivity contribution in [2.24, 2.45) is 5.92 Å². The number of carbonyl (C=O) groups excluding carboxylic acids is 1. The predicted octanol–water partition coefficient (Wildman–Crippen LogP) is 0.693. The Morgan fingerprint density at radius 1 is 1.14 bits per heavy atom. The molecule has 21 heavy (non-hydrogen) atoms. The molecule has 3 atom stereocenters. The summed E-state index contributed by atoms with van der Waals surface area (Å²) in [4.78, 5) is 25.7. The first-order valence-corrected chi connectivity index (χ1v) is 7.76. The zero-order chi connectivity index (χ0) is 14.2. The van der Waals surface area contributed by atoms with Crippen molar-refractivity contribution in [1.29, 1.82) is 0 Å². The van der Waals surface area contributed by atoms with Crippen LogP contribution in [0, 0.1) is 5.92 Å². The molecule has 0 unspecified atom stereocenters. The van der Waals surface area contributed by atoms with Gasteiger partial charge < -0.3 is 14.5 Å². The molecule has 3 saturated heterocycles. The monoisotopic (exact) mass is 288 g/mol. The Hall–Kier alpha value is -1.69. The summed E-state index contributed by atoms with van der Waals surface area (Å²) in [5.41, 5.74) is 0. The number of carbonyl (C=O) groups is 1. The number of likely N-dealkylation sites (tertiary alicyclic amines) is 1. The lowest BCUT2D eigenvalue weighted by Crippen LogP contribution is -2.42. The van der Waals surface area contributed by atoms with Crippen LogP contribution in [0.15, 0.2) is 18.5 Å². The van der Waals surface area contributed by atoms with Gasteiger partial charge in [-0.15, -0.1) is 0 Å². The van der Waals surface area contributed by atoms with E-state index in [0.717, 1.165) is 44.9 Å². The molecular weight excluding hydrogens is 268 g/mol. The van der Waals surface area contributed by atoms with Gasteiger partial charge in [0, 0.05) is 32.1 Å². The second-order valence-electron chi connectivity index (χ2n) is 6.05. The highest BCUT2D eigenvalue weighted by atomic mass is 16.5. The topological polar surface area (TPSA) is 58.6 Å². The molecule has 0 N–H and O–H groups in total. The van der Waals surface area contributed by atoms with E-state index >= 15 is 0 Å². The maximum atomic E-state index is 12.6. The van der Waals surface area contributed by atoms with Crippen LogP contribution in [0.3, 0.4) is 0 Å². The highest BCUT2D eigenvalue weighted by molar-refractivity contribution is 5.80. The van der Waals surface area contributed by atoms with Crippen LogP contribution in [-0.2, 0) is 9.53 Å². The Balaban J connectivity index is 1.49. The molecule has 3 fully saturated rings. The van der Waals surface area contributed by atoms with E-state index in [9.17, 15) is 4.79 Å². The van der Waals surface area contributed by atoms with Crippen LogP contribution in [0.4, 0.5) is 5.95 Å². The first-order valence-electron chi connectivity index (χ1n) is 7.76. The van der Waals surface area contributed by atoms with E-state index in [-0.39, 0.29) is 11.8 Å². The smallest absolute Gasteiger partial charge is 0.228 e. The van der Waals surface area contributed by atoms with Crippen LogP contribution in [0.5, 0.6) is 0 Å². The van der Waals surface area contributed by atoms with E-state index < -0.39 is 0 Å². The summed E-state index contributed by atoms with van der Waals surface area (Å²) in [5, 5.41) is 0. The van der Waals surface area contributed by atoms with Gasteiger partial charge in [0.25, 0.3) is 0 Å². The second kappa shape index (κ2) is 5.26. The fourth-order valence-electron chi connectivity index (χ4n) is 3.91. The van der Waals surface area contributed by atoms with Gasteiger partial charge in [0.05, 0.1) is 24.6 Å². The summed E-state index contributed by atoms with van der Waals surface area (Å²) in [6.07, 6.45) is 6.47. The molecule has 0 radical (unpaired) electrons. The zero-order valence-corrected chi connectivity index (χ0v) is 12.0. The van der Waals surface area contributed by atoms with E-state index in [4.69, 9.17) is 4.74 Å². The van der Waals surface area contributed by atoms with Crippen LogP contribution in [0.25, 0.3) is 0 Å². The number of aromatic nitrogens is 2. The average Bonchev–Trinajstić information content (AvgIpc) is 3.24. The molecule has 0 saturated carbocycles. The minimum atomic E-state index is 0.0748. The number of nitrogens with zero attached hydrogens (tertiary/aromatic N) is 4. The van der Waals surface area contributed by atoms with Crippen molar-refractivity contribution < 1.29 is 9.53 Å². The molecule has 1 amide bonds. The lowest BCUT2D eigenvalue weighted by Gasteiger charge is -2.27. The maximum absolute atomic E-state index is 12.6. The Kier molecular flexibility index (Phi) is 3.25. The van der Waals surface area contributed by atoms with Gasteiger partial charge in [0.15, 0.2) is 0 Å². The number of fused-ring (bicyclic) bond motifs is 1. The van der Waals surface area contributed by atoms with Crippen molar-refractivity contribution in [3.63, 3.8) is 0 Å². The normalized spacial score (nSPS) is 31.7. The molecule has 6 nitrogen and oxygen atoms in total. The van der Waals surface area contributed by atoms with Gasteiger partial charge in [-0.2, -0.15) is 0 Å². The lowest BCUT2D eigenvalue weighted by molar-refractivity contribution is -0.136. The third kappa shape index (κ3) is 2.18. The van der Waals surface area contributed by atoms with Crippen molar-refractivity contribution in [3.05, 3.63) is 18.5 Å². The van der Waals surface area contributed by atoms with E-state index in [1.807, 2.05) is 6.07 Å². The van der Waals surface area contributed by atoms with Crippen LogP contribution in [0.2, 0.25) is 0 Å². The zero-order valence-electron chi connectivity index (χ0n) is 12.0. The van der Waals surface area contributed by atoms with Gasteiger partial charge in [0.1, 0.15) is 0 Å². The van der Waals surface area contributed by atoms with E-state index in [1.165, 1.54) is 0 Å². The van der Waals surface area contributed by atoms with Crippen molar-refractivity contribution in [1.82, 2.24) is 14.9 Å². The quantitative estimate of drug-likeness (QED) is 0.801. The number of anilines is 1. The fraction of sp³-hybridized carbons (Fsp3) is 0.667. The minimum absolute atomic E-state index is 0.0748. The average molecular weight is 288 g/mol. The number of ether oxygens (including phenoxy) is 1. The van der Waals surface area contributed by atoms with Crippen molar-refractivity contribution in [2.75, 3.05) is 31.2 Å². The number of hydrogen-bond acceptors (Lipinski definition) is 5. The van der Waals surface area contributed by atoms with Gasteiger partial charge in [-0.25, -0.2) is 9.97 Å². The van der Waals surface area contributed by atoms with E-state index in [2.05, 4.69) is 19.8 Å². The van der Waals surface area contributed by atoms with Gasteiger partial charge >= 0.3 is 0 Å².